The molecule has 0 amide bonds. The molecule has 0 aliphatic heterocycles. The first-order valence-electron chi connectivity index (χ1n) is 12.7. The van der Waals surface area contributed by atoms with Crippen LogP contribution in [0.1, 0.15) is 144 Å². The van der Waals surface area contributed by atoms with Crippen LogP contribution in [0, 0.1) is 5.41 Å². The van der Waals surface area contributed by atoms with Gasteiger partial charge in [-0.3, -0.25) is 9.59 Å². The molecule has 4 nitrogen and oxygen atoms in total. The summed E-state index contributed by atoms with van der Waals surface area (Å²) in [6.45, 7) is 11.1. The first-order chi connectivity index (χ1) is 14.3. The van der Waals surface area contributed by atoms with Gasteiger partial charge in [-0.2, -0.15) is 0 Å². The minimum Gasteiger partial charge on any atom is -0.425 e. The van der Waals surface area contributed by atoms with E-state index in [4.69, 9.17) is 9.47 Å². The molecule has 0 atom stereocenters. The lowest BCUT2D eigenvalue weighted by Gasteiger charge is -2.20. The third kappa shape index (κ3) is 20.2. The second-order valence-electron chi connectivity index (χ2n) is 9.90. The molecule has 4 heteroatoms. The molecular formula is C26H50O4. The quantitative estimate of drug-likeness (QED) is 0.119. The Labute approximate surface area is 186 Å². The molecule has 30 heavy (non-hydrogen) atoms. The van der Waals surface area contributed by atoms with E-state index in [0.717, 1.165) is 57.8 Å². The summed E-state index contributed by atoms with van der Waals surface area (Å²) >= 11 is 0. The third-order valence-corrected chi connectivity index (χ3v) is 5.36. The van der Waals surface area contributed by atoms with Crippen LogP contribution in [0.2, 0.25) is 0 Å². The Morgan fingerprint density at radius 1 is 0.633 bits per heavy atom. The molecule has 0 N–H and O–H groups in total. The van der Waals surface area contributed by atoms with Gasteiger partial charge in [0.2, 0.25) is 6.29 Å². The van der Waals surface area contributed by atoms with Crippen LogP contribution in [0.25, 0.3) is 0 Å². The van der Waals surface area contributed by atoms with Gasteiger partial charge in [0.25, 0.3) is 0 Å². The van der Waals surface area contributed by atoms with Crippen molar-refractivity contribution in [2.24, 2.45) is 5.41 Å². The van der Waals surface area contributed by atoms with E-state index in [1.54, 1.807) is 0 Å². The summed E-state index contributed by atoms with van der Waals surface area (Å²) < 4.78 is 11.1. The molecule has 0 spiro atoms. The molecule has 0 saturated heterocycles. The van der Waals surface area contributed by atoms with Gasteiger partial charge in [0.15, 0.2) is 0 Å². The molecule has 0 rings (SSSR count). The molecule has 0 aromatic heterocycles. The molecule has 0 aromatic rings. The van der Waals surface area contributed by atoms with Crippen LogP contribution in [-0.2, 0) is 19.1 Å². The number of unbranched alkanes of at least 4 members (excludes halogenated alkanes) is 10. The molecule has 178 valence electrons. The van der Waals surface area contributed by atoms with Crippen LogP contribution in [0.3, 0.4) is 0 Å². The standard InChI is InChI=1S/C26H50O4/c1-6-8-10-12-15-19-23(27)29-25(21-17-14-18-22-26(3,4)5)30-24(28)20-16-13-11-9-7-2/h25H,6-22H2,1-5H3. The zero-order valence-corrected chi connectivity index (χ0v) is 20.7. The van der Waals surface area contributed by atoms with Crippen molar-refractivity contribution in [2.45, 2.75) is 150 Å². The van der Waals surface area contributed by atoms with Crippen molar-refractivity contribution in [2.75, 3.05) is 0 Å². The molecule has 0 radical (unpaired) electrons. The summed E-state index contributed by atoms with van der Waals surface area (Å²) in [5.74, 6) is -0.469. The summed E-state index contributed by atoms with van der Waals surface area (Å²) in [6.07, 6.45) is 15.9. The van der Waals surface area contributed by atoms with Gasteiger partial charge in [-0.1, -0.05) is 98.8 Å². The van der Waals surface area contributed by atoms with Crippen LogP contribution in [0.5, 0.6) is 0 Å². The minimum absolute atomic E-state index is 0.234. The molecule has 0 aromatic carbocycles. The number of hydrogen-bond acceptors (Lipinski definition) is 4. The number of rotatable bonds is 19. The van der Waals surface area contributed by atoms with Crippen molar-refractivity contribution >= 4 is 11.9 Å². The van der Waals surface area contributed by atoms with E-state index in [9.17, 15) is 9.59 Å². The fourth-order valence-electron chi connectivity index (χ4n) is 3.44. The van der Waals surface area contributed by atoms with Crippen molar-refractivity contribution < 1.29 is 19.1 Å². The second-order valence-corrected chi connectivity index (χ2v) is 9.90. The molecule has 0 heterocycles. The van der Waals surface area contributed by atoms with Gasteiger partial charge >= 0.3 is 11.9 Å². The molecule has 0 aliphatic carbocycles. The van der Waals surface area contributed by atoms with E-state index < -0.39 is 6.29 Å². The van der Waals surface area contributed by atoms with E-state index in [2.05, 4.69) is 34.6 Å². The summed E-state index contributed by atoms with van der Waals surface area (Å²) in [6, 6.07) is 0. The van der Waals surface area contributed by atoms with Gasteiger partial charge in [-0.05, 0) is 31.1 Å². The highest BCUT2D eigenvalue weighted by molar-refractivity contribution is 5.71. The number of carbonyl (C=O) groups excluding carboxylic acids is 2. The molecule has 0 bridgehead atoms. The highest BCUT2D eigenvalue weighted by atomic mass is 16.7. The van der Waals surface area contributed by atoms with Gasteiger partial charge in [-0.15, -0.1) is 0 Å². The minimum atomic E-state index is -0.717. The number of carbonyl (C=O) groups is 2. The van der Waals surface area contributed by atoms with Gasteiger partial charge in [-0.25, -0.2) is 0 Å². The summed E-state index contributed by atoms with van der Waals surface area (Å²) in [4.78, 5) is 24.4. The molecule has 0 aliphatic rings. The van der Waals surface area contributed by atoms with E-state index in [0.29, 0.717) is 24.7 Å². The Morgan fingerprint density at radius 3 is 1.50 bits per heavy atom. The molecule has 0 unspecified atom stereocenters. The maximum atomic E-state index is 12.2. The smallest absolute Gasteiger partial charge is 0.308 e. The van der Waals surface area contributed by atoms with Crippen molar-refractivity contribution in [3.05, 3.63) is 0 Å². The fourth-order valence-corrected chi connectivity index (χ4v) is 3.44. The Hall–Kier alpha value is -1.06. The van der Waals surface area contributed by atoms with Crippen LogP contribution in [0.15, 0.2) is 0 Å². The van der Waals surface area contributed by atoms with Crippen molar-refractivity contribution in [3.63, 3.8) is 0 Å². The average Bonchev–Trinajstić information content (AvgIpc) is 2.66. The maximum Gasteiger partial charge on any atom is 0.308 e. The summed E-state index contributed by atoms with van der Waals surface area (Å²) in [5.41, 5.74) is 0.341. The lowest BCUT2D eigenvalue weighted by molar-refractivity contribution is -0.189. The molecular weight excluding hydrogens is 376 g/mol. The normalized spacial score (nSPS) is 11.7. The van der Waals surface area contributed by atoms with Crippen LogP contribution < -0.4 is 0 Å². The van der Waals surface area contributed by atoms with Crippen molar-refractivity contribution in [1.82, 2.24) is 0 Å². The van der Waals surface area contributed by atoms with Crippen molar-refractivity contribution in [3.8, 4) is 0 Å². The molecule has 0 fully saturated rings. The monoisotopic (exact) mass is 426 g/mol. The lowest BCUT2D eigenvalue weighted by atomic mass is 9.89. The average molecular weight is 427 g/mol. The van der Waals surface area contributed by atoms with Gasteiger partial charge in [0.1, 0.15) is 0 Å². The van der Waals surface area contributed by atoms with E-state index in [1.807, 2.05) is 0 Å². The molecule has 0 saturated carbocycles. The maximum absolute atomic E-state index is 12.2. The Balaban J connectivity index is 4.31. The number of ether oxygens (including phenoxy) is 2. The number of esters is 2. The predicted molar refractivity (Wildman–Crippen MR) is 125 cm³/mol. The topological polar surface area (TPSA) is 52.6 Å². The Morgan fingerprint density at radius 2 is 1.07 bits per heavy atom. The SMILES string of the molecule is CCCCCCCC(=O)OC(CCCCCC(C)(C)C)OC(=O)CCCCCCC. The predicted octanol–water partition coefficient (Wildman–Crippen LogP) is 8.12. The van der Waals surface area contributed by atoms with Crippen molar-refractivity contribution in [1.29, 1.82) is 0 Å². The lowest BCUT2D eigenvalue weighted by Crippen LogP contribution is -2.24. The fraction of sp³-hybridized carbons (Fsp3) is 0.923. The summed E-state index contributed by atoms with van der Waals surface area (Å²) in [5, 5.41) is 0. The highest BCUT2D eigenvalue weighted by Gasteiger charge is 2.19. The van der Waals surface area contributed by atoms with E-state index >= 15 is 0 Å². The van der Waals surface area contributed by atoms with Crippen LogP contribution >= 0.6 is 0 Å². The summed E-state index contributed by atoms with van der Waals surface area (Å²) in [7, 11) is 0. The Bertz CT molecular complexity index is 397. The van der Waals surface area contributed by atoms with Gasteiger partial charge in [0, 0.05) is 19.3 Å². The van der Waals surface area contributed by atoms with Gasteiger partial charge in [0.05, 0.1) is 0 Å². The number of hydrogen-bond donors (Lipinski definition) is 0. The second kappa shape index (κ2) is 18.7. The highest BCUT2D eigenvalue weighted by Crippen LogP contribution is 2.23. The van der Waals surface area contributed by atoms with Crippen LogP contribution in [-0.4, -0.2) is 18.2 Å². The first kappa shape index (κ1) is 28.9. The zero-order valence-electron chi connectivity index (χ0n) is 20.7. The first-order valence-corrected chi connectivity index (χ1v) is 12.7. The van der Waals surface area contributed by atoms with Gasteiger partial charge < -0.3 is 9.47 Å². The van der Waals surface area contributed by atoms with E-state index in [1.165, 1.54) is 32.1 Å². The largest absolute Gasteiger partial charge is 0.425 e. The zero-order chi connectivity index (χ0) is 22.7. The van der Waals surface area contributed by atoms with E-state index in [-0.39, 0.29) is 11.9 Å². The van der Waals surface area contributed by atoms with Crippen LogP contribution in [0.4, 0.5) is 0 Å². The Kier molecular flexibility index (Phi) is 18.0. The third-order valence-electron chi connectivity index (χ3n) is 5.36.